The lowest BCUT2D eigenvalue weighted by Gasteiger charge is -2.26. The molecule has 0 saturated heterocycles. The molecule has 0 fully saturated rings. The third kappa shape index (κ3) is 6.56. The maximum absolute atomic E-state index is 11.5. The van der Waals surface area contributed by atoms with Crippen LogP contribution in [-0.4, -0.2) is 56.7 Å². The Labute approximate surface area is 171 Å². The van der Waals surface area contributed by atoms with E-state index >= 15 is 0 Å². The summed E-state index contributed by atoms with van der Waals surface area (Å²) in [5, 5.41) is 0.135. The van der Waals surface area contributed by atoms with Gasteiger partial charge in [-0.1, -0.05) is 11.6 Å². The predicted molar refractivity (Wildman–Crippen MR) is 102 cm³/mol. The zero-order valence-electron chi connectivity index (χ0n) is 16.3. The smallest absolute Gasteiger partial charge is 0.303 e. The molecule has 11 nitrogen and oxygen atoms in total. The van der Waals surface area contributed by atoms with Crippen LogP contribution in [0.5, 0.6) is 0 Å². The van der Waals surface area contributed by atoms with Gasteiger partial charge in [-0.15, -0.1) is 0 Å². The van der Waals surface area contributed by atoms with Gasteiger partial charge in [0.1, 0.15) is 18.2 Å². The van der Waals surface area contributed by atoms with Crippen molar-refractivity contribution in [3.63, 3.8) is 0 Å². The average molecular weight is 428 g/mol. The molecule has 2 aromatic heterocycles. The number of carbonyl (C=O) groups is 3. The van der Waals surface area contributed by atoms with Gasteiger partial charge in [-0.2, -0.15) is 9.97 Å². The summed E-state index contributed by atoms with van der Waals surface area (Å²) in [6, 6.07) is 0. The van der Waals surface area contributed by atoms with Gasteiger partial charge in [0, 0.05) is 33.2 Å². The molecule has 29 heavy (non-hydrogen) atoms. The van der Waals surface area contributed by atoms with E-state index in [9.17, 15) is 14.4 Å². The zero-order valence-corrected chi connectivity index (χ0v) is 17.0. The number of nitrogens with zero attached hydrogens (tertiary/aromatic N) is 4. The predicted octanol–water partition coefficient (Wildman–Crippen LogP) is 1.13. The Morgan fingerprint density at radius 3 is 2.38 bits per heavy atom. The SMILES string of the molecule is CC(=O)OCC(CCn1cnc2c(Cl)nc(N)nc21)C(COC(C)=O)OC(C)=O. The highest BCUT2D eigenvalue weighted by Crippen LogP contribution is 2.22. The van der Waals surface area contributed by atoms with E-state index in [-0.39, 0.29) is 24.3 Å². The highest BCUT2D eigenvalue weighted by molar-refractivity contribution is 6.33. The van der Waals surface area contributed by atoms with Crippen LogP contribution in [-0.2, 0) is 35.1 Å². The van der Waals surface area contributed by atoms with Gasteiger partial charge in [-0.3, -0.25) is 14.4 Å². The van der Waals surface area contributed by atoms with Crippen molar-refractivity contribution < 1.29 is 28.6 Å². The van der Waals surface area contributed by atoms with Crippen molar-refractivity contribution in [2.75, 3.05) is 18.9 Å². The normalized spacial score (nSPS) is 13.0. The standard InChI is InChI=1S/C17H22ClN5O6/c1-9(24)27-6-12(13(29-11(3)26)7-28-10(2)25)4-5-23-8-20-14-15(18)21-17(19)22-16(14)23/h8,12-13H,4-7H2,1-3H3,(H2,19,21,22). The molecule has 2 unspecified atom stereocenters. The fourth-order valence-corrected chi connectivity index (χ4v) is 2.89. The number of rotatable bonds is 9. The number of fused-ring (bicyclic) bond motifs is 1. The highest BCUT2D eigenvalue weighted by Gasteiger charge is 2.27. The van der Waals surface area contributed by atoms with Crippen LogP contribution >= 0.6 is 11.6 Å². The largest absolute Gasteiger partial charge is 0.465 e. The van der Waals surface area contributed by atoms with Gasteiger partial charge in [-0.05, 0) is 6.42 Å². The molecule has 0 aromatic carbocycles. The third-order valence-electron chi connectivity index (χ3n) is 3.97. The number of nitrogens with two attached hydrogens (primary N) is 1. The number of carbonyl (C=O) groups excluding carboxylic acids is 3. The minimum atomic E-state index is -0.797. The van der Waals surface area contributed by atoms with Crippen LogP contribution in [0.1, 0.15) is 27.2 Å². The summed E-state index contributed by atoms with van der Waals surface area (Å²) in [7, 11) is 0. The Morgan fingerprint density at radius 2 is 1.76 bits per heavy atom. The van der Waals surface area contributed by atoms with E-state index in [1.54, 1.807) is 4.57 Å². The summed E-state index contributed by atoms with van der Waals surface area (Å²) in [5.74, 6) is -1.99. The van der Waals surface area contributed by atoms with Crippen molar-refractivity contribution in [1.29, 1.82) is 0 Å². The molecular formula is C17H22ClN5O6. The number of imidazole rings is 1. The maximum Gasteiger partial charge on any atom is 0.303 e. The number of aryl methyl sites for hydroxylation is 1. The zero-order chi connectivity index (χ0) is 21.6. The molecule has 2 heterocycles. The number of esters is 3. The molecule has 0 radical (unpaired) electrons. The second-order valence-corrected chi connectivity index (χ2v) is 6.64. The molecule has 0 aliphatic heterocycles. The van der Waals surface area contributed by atoms with Crippen LogP contribution in [0.25, 0.3) is 11.2 Å². The topological polar surface area (TPSA) is 149 Å². The summed E-state index contributed by atoms with van der Waals surface area (Å²) in [5.41, 5.74) is 6.49. The summed E-state index contributed by atoms with van der Waals surface area (Å²) in [6.07, 6.45) is 1.12. The van der Waals surface area contributed by atoms with Crippen molar-refractivity contribution >= 4 is 46.6 Å². The molecule has 2 aromatic rings. The number of anilines is 1. The van der Waals surface area contributed by atoms with E-state index in [1.807, 2.05) is 0 Å². The van der Waals surface area contributed by atoms with Crippen molar-refractivity contribution in [2.45, 2.75) is 39.8 Å². The molecule has 0 amide bonds. The molecule has 2 N–H and O–H groups in total. The van der Waals surface area contributed by atoms with Crippen LogP contribution in [0.4, 0.5) is 5.95 Å². The van der Waals surface area contributed by atoms with Gasteiger partial charge < -0.3 is 24.5 Å². The molecule has 12 heteroatoms. The highest BCUT2D eigenvalue weighted by atomic mass is 35.5. The van der Waals surface area contributed by atoms with E-state index in [1.165, 1.54) is 27.1 Å². The van der Waals surface area contributed by atoms with Crippen LogP contribution in [0.15, 0.2) is 6.33 Å². The van der Waals surface area contributed by atoms with Crippen LogP contribution in [0.2, 0.25) is 5.15 Å². The summed E-state index contributed by atoms with van der Waals surface area (Å²) >= 11 is 6.03. The molecule has 2 atom stereocenters. The lowest BCUT2D eigenvalue weighted by atomic mass is 9.99. The first-order valence-corrected chi connectivity index (χ1v) is 9.13. The van der Waals surface area contributed by atoms with Crippen molar-refractivity contribution in [2.24, 2.45) is 5.92 Å². The number of halogens is 1. The quantitative estimate of drug-likeness (QED) is 0.350. The number of hydrogen-bond donors (Lipinski definition) is 1. The lowest BCUT2D eigenvalue weighted by molar-refractivity contribution is -0.163. The van der Waals surface area contributed by atoms with E-state index in [0.29, 0.717) is 24.1 Å². The van der Waals surface area contributed by atoms with E-state index in [4.69, 9.17) is 31.5 Å². The van der Waals surface area contributed by atoms with Gasteiger partial charge >= 0.3 is 17.9 Å². The summed E-state index contributed by atoms with van der Waals surface area (Å²) in [4.78, 5) is 46.1. The fourth-order valence-electron chi connectivity index (χ4n) is 2.67. The van der Waals surface area contributed by atoms with Gasteiger partial charge in [-0.25, -0.2) is 4.98 Å². The Bertz CT molecular complexity index is 902. The molecule has 2 rings (SSSR count). The van der Waals surface area contributed by atoms with Gasteiger partial charge in [0.2, 0.25) is 5.95 Å². The number of nitrogen functional groups attached to an aromatic ring is 1. The Balaban J connectivity index is 2.21. The molecule has 0 saturated carbocycles. The Morgan fingerprint density at radius 1 is 1.10 bits per heavy atom. The fraction of sp³-hybridized carbons (Fsp3) is 0.529. The number of aromatic nitrogens is 4. The number of ether oxygens (including phenoxy) is 3. The van der Waals surface area contributed by atoms with Crippen LogP contribution in [0.3, 0.4) is 0 Å². The van der Waals surface area contributed by atoms with Crippen molar-refractivity contribution in [3.05, 3.63) is 11.5 Å². The van der Waals surface area contributed by atoms with Gasteiger partial charge in [0.25, 0.3) is 0 Å². The van der Waals surface area contributed by atoms with Gasteiger partial charge in [0.15, 0.2) is 10.8 Å². The molecule has 0 spiro atoms. The summed E-state index contributed by atoms with van der Waals surface area (Å²) in [6.45, 7) is 3.94. The Kier molecular flexibility index (Phi) is 7.71. The second-order valence-electron chi connectivity index (χ2n) is 6.28. The maximum atomic E-state index is 11.5. The van der Waals surface area contributed by atoms with Gasteiger partial charge in [0.05, 0.1) is 12.9 Å². The third-order valence-corrected chi connectivity index (χ3v) is 4.24. The molecule has 0 bridgehead atoms. The first-order valence-electron chi connectivity index (χ1n) is 8.75. The minimum Gasteiger partial charge on any atom is -0.465 e. The van der Waals surface area contributed by atoms with Crippen LogP contribution in [0, 0.1) is 5.92 Å². The second kappa shape index (κ2) is 10.0. The first-order chi connectivity index (χ1) is 13.7. The van der Waals surface area contributed by atoms with E-state index in [0.717, 1.165) is 0 Å². The lowest BCUT2D eigenvalue weighted by Crippen LogP contribution is -2.35. The number of hydrogen-bond acceptors (Lipinski definition) is 10. The Hall–Kier alpha value is -2.95. The molecule has 0 aliphatic rings. The molecular weight excluding hydrogens is 406 g/mol. The van der Waals surface area contributed by atoms with Crippen LogP contribution < -0.4 is 5.73 Å². The first kappa shape index (κ1) is 22.3. The summed E-state index contributed by atoms with van der Waals surface area (Å²) < 4.78 is 17.1. The van der Waals surface area contributed by atoms with E-state index in [2.05, 4.69) is 15.0 Å². The van der Waals surface area contributed by atoms with Crippen molar-refractivity contribution in [3.8, 4) is 0 Å². The minimum absolute atomic E-state index is 0.00774. The van der Waals surface area contributed by atoms with E-state index < -0.39 is 29.9 Å². The average Bonchev–Trinajstić information content (AvgIpc) is 3.01. The van der Waals surface area contributed by atoms with Crippen molar-refractivity contribution in [1.82, 2.24) is 19.5 Å². The monoisotopic (exact) mass is 427 g/mol. The molecule has 0 aliphatic carbocycles. The molecule has 158 valence electrons.